The van der Waals surface area contributed by atoms with Crippen molar-refractivity contribution in [3.05, 3.63) is 60.6 Å². The molecule has 0 atom stereocenters. The number of hydrogen-bond donors (Lipinski definition) is 2. The molecule has 8 nitrogen and oxygen atoms in total. The van der Waals surface area contributed by atoms with E-state index in [1.165, 1.54) is 0 Å². The number of ether oxygens (including phenoxy) is 1. The molecule has 0 spiro atoms. The van der Waals surface area contributed by atoms with Crippen LogP contribution >= 0.6 is 0 Å². The van der Waals surface area contributed by atoms with Gasteiger partial charge in [-0.15, -0.1) is 0 Å². The van der Waals surface area contributed by atoms with E-state index in [-0.39, 0.29) is 6.61 Å². The van der Waals surface area contributed by atoms with Crippen LogP contribution in [0.15, 0.2) is 55.0 Å². The Balaban J connectivity index is 1.75. The molecule has 2 heterocycles. The third kappa shape index (κ3) is 5.30. The Hall–Kier alpha value is -3.49. The van der Waals surface area contributed by atoms with E-state index >= 15 is 0 Å². The standard InChI is InChI=1S/C25H30N6O2/c1-26-8-9-31(21-11-18(5-4-10-32)12-22(13-21)33-3)20-6-7-23-24(14-20)29-25(16-27-23)19-15-28-30(2)17-19/h6-7,11-17,26,32H,4-5,8-10H2,1-3H3. The topological polar surface area (TPSA) is 88.3 Å². The van der Waals surface area contributed by atoms with E-state index in [1.807, 2.05) is 38.5 Å². The van der Waals surface area contributed by atoms with Crippen LogP contribution in [0.4, 0.5) is 11.4 Å². The first-order valence-corrected chi connectivity index (χ1v) is 11.1. The van der Waals surface area contributed by atoms with Crippen LogP contribution in [0, 0.1) is 0 Å². The maximum atomic E-state index is 9.27. The molecule has 0 saturated carbocycles. The van der Waals surface area contributed by atoms with Gasteiger partial charge in [-0.05, 0) is 55.8 Å². The smallest absolute Gasteiger partial charge is 0.121 e. The van der Waals surface area contributed by atoms with Crippen molar-refractivity contribution >= 4 is 22.4 Å². The van der Waals surface area contributed by atoms with Gasteiger partial charge in [0, 0.05) is 55.9 Å². The summed E-state index contributed by atoms with van der Waals surface area (Å²) in [5, 5.41) is 16.8. The van der Waals surface area contributed by atoms with E-state index in [4.69, 9.17) is 9.72 Å². The van der Waals surface area contributed by atoms with Crippen molar-refractivity contribution < 1.29 is 9.84 Å². The number of hydrogen-bond acceptors (Lipinski definition) is 7. The van der Waals surface area contributed by atoms with Gasteiger partial charge in [-0.2, -0.15) is 5.10 Å². The zero-order chi connectivity index (χ0) is 23.2. The van der Waals surface area contributed by atoms with Crippen molar-refractivity contribution in [2.24, 2.45) is 7.05 Å². The van der Waals surface area contributed by atoms with Crippen LogP contribution < -0.4 is 15.0 Å². The van der Waals surface area contributed by atoms with Crippen molar-refractivity contribution in [3.63, 3.8) is 0 Å². The van der Waals surface area contributed by atoms with E-state index in [1.54, 1.807) is 24.2 Å². The quantitative estimate of drug-likeness (QED) is 0.386. The van der Waals surface area contributed by atoms with Crippen molar-refractivity contribution in [2.45, 2.75) is 12.8 Å². The summed E-state index contributed by atoms with van der Waals surface area (Å²) in [4.78, 5) is 11.7. The predicted octanol–water partition coefficient (Wildman–Crippen LogP) is 3.32. The van der Waals surface area contributed by atoms with E-state index in [0.29, 0.717) is 6.42 Å². The Bertz CT molecular complexity index is 1220. The molecule has 8 heteroatoms. The van der Waals surface area contributed by atoms with Gasteiger partial charge in [-0.3, -0.25) is 9.67 Å². The lowest BCUT2D eigenvalue weighted by Crippen LogP contribution is -2.27. The third-order valence-corrected chi connectivity index (χ3v) is 5.55. The second-order valence-corrected chi connectivity index (χ2v) is 7.95. The Labute approximate surface area is 193 Å². The van der Waals surface area contributed by atoms with Gasteiger partial charge in [-0.25, -0.2) is 4.98 Å². The molecule has 0 bridgehead atoms. The third-order valence-electron chi connectivity index (χ3n) is 5.55. The average Bonchev–Trinajstić information content (AvgIpc) is 3.28. The van der Waals surface area contributed by atoms with Crippen LogP contribution in [-0.2, 0) is 13.5 Å². The summed E-state index contributed by atoms with van der Waals surface area (Å²) in [7, 11) is 5.51. The minimum absolute atomic E-state index is 0.165. The molecule has 0 aliphatic carbocycles. The second-order valence-electron chi connectivity index (χ2n) is 7.95. The first kappa shape index (κ1) is 22.7. The monoisotopic (exact) mass is 446 g/mol. The summed E-state index contributed by atoms with van der Waals surface area (Å²) in [6, 6.07) is 12.4. The Morgan fingerprint density at radius 2 is 1.97 bits per heavy atom. The van der Waals surface area contributed by atoms with Gasteiger partial charge in [0.2, 0.25) is 0 Å². The molecule has 4 rings (SSSR count). The molecule has 33 heavy (non-hydrogen) atoms. The zero-order valence-corrected chi connectivity index (χ0v) is 19.3. The molecule has 0 amide bonds. The molecular weight excluding hydrogens is 416 g/mol. The number of nitrogens with zero attached hydrogens (tertiary/aromatic N) is 5. The highest BCUT2D eigenvalue weighted by atomic mass is 16.5. The summed E-state index contributed by atoms with van der Waals surface area (Å²) in [6.07, 6.45) is 7.02. The van der Waals surface area contributed by atoms with Crippen molar-refractivity contribution in [1.82, 2.24) is 25.1 Å². The molecule has 0 aliphatic rings. The summed E-state index contributed by atoms with van der Waals surface area (Å²) < 4.78 is 7.33. The largest absolute Gasteiger partial charge is 0.497 e. The first-order chi connectivity index (χ1) is 16.1. The van der Waals surface area contributed by atoms with Gasteiger partial charge in [-0.1, -0.05) is 0 Å². The lowest BCUT2D eigenvalue weighted by Gasteiger charge is -2.26. The van der Waals surface area contributed by atoms with Crippen LogP contribution in [0.1, 0.15) is 12.0 Å². The highest BCUT2D eigenvalue weighted by Gasteiger charge is 2.14. The fraction of sp³-hybridized carbons (Fsp3) is 0.320. The normalized spacial score (nSPS) is 11.2. The average molecular weight is 447 g/mol. The maximum absolute atomic E-state index is 9.27. The molecule has 0 aliphatic heterocycles. The van der Waals surface area contributed by atoms with Crippen molar-refractivity contribution in [1.29, 1.82) is 0 Å². The highest BCUT2D eigenvalue weighted by molar-refractivity contribution is 5.82. The van der Waals surface area contributed by atoms with Gasteiger partial charge in [0.05, 0.1) is 36.2 Å². The Morgan fingerprint density at radius 3 is 2.70 bits per heavy atom. The van der Waals surface area contributed by atoms with E-state index in [2.05, 4.69) is 38.5 Å². The summed E-state index contributed by atoms with van der Waals surface area (Å²) >= 11 is 0. The van der Waals surface area contributed by atoms with Gasteiger partial charge in [0.25, 0.3) is 0 Å². The van der Waals surface area contributed by atoms with E-state index in [0.717, 1.165) is 64.5 Å². The minimum Gasteiger partial charge on any atom is -0.497 e. The number of aromatic nitrogens is 4. The molecule has 4 aromatic rings. The fourth-order valence-corrected chi connectivity index (χ4v) is 3.84. The molecule has 0 unspecified atom stereocenters. The van der Waals surface area contributed by atoms with Crippen LogP contribution in [0.5, 0.6) is 5.75 Å². The minimum atomic E-state index is 0.165. The Kier molecular flexibility index (Phi) is 7.16. The SMILES string of the molecule is CNCCN(c1cc(CCCO)cc(OC)c1)c1ccc2ncc(-c3cnn(C)c3)nc2c1. The van der Waals surface area contributed by atoms with Crippen molar-refractivity contribution in [3.8, 4) is 17.0 Å². The number of anilines is 2. The van der Waals surface area contributed by atoms with Gasteiger partial charge >= 0.3 is 0 Å². The second kappa shape index (κ2) is 10.4. The highest BCUT2D eigenvalue weighted by Crippen LogP contribution is 2.32. The molecule has 0 fully saturated rings. The number of aliphatic hydroxyl groups excluding tert-OH is 1. The number of aryl methyl sites for hydroxylation is 2. The molecule has 2 N–H and O–H groups in total. The van der Waals surface area contributed by atoms with Crippen molar-refractivity contribution in [2.75, 3.05) is 38.8 Å². The molecule has 0 saturated heterocycles. The van der Waals surface area contributed by atoms with E-state index < -0.39 is 0 Å². The number of likely N-dealkylation sites (N-methyl/N-ethyl adjacent to an activating group) is 1. The van der Waals surface area contributed by atoms with E-state index in [9.17, 15) is 5.11 Å². The predicted molar refractivity (Wildman–Crippen MR) is 131 cm³/mol. The maximum Gasteiger partial charge on any atom is 0.121 e. The number of fused-ring (bicyclic) bond motifs is 1. The number of benzene rings is 2. The summed E-state index contributed by atoms with van der Waals surface area (Å²) in [5.41, 5.74) is 6.59. The fourth-order valence-electron chi connectivity index (χ4n) is 3.84. The van der Waals surface area contributed by atoms with Gasteiger partial charge < -0.3 is 20.1 Å². The molecule has 2 aromatic heterocycles. The van der Waals surface area contributed by atoms with Crippen LogP contribution in [0.3, 0.4) is 0 Å². The van der Waals surface area contributed by atoms with Gasteiger partial charge in [0.1, 0.15) is 5.75 Å². The Morgan fingerprint density at radius 1 is 1.09 bits per heavy atom. The number of rotatable bonds is 10. The number of aliphatic hydroxyl groups is 1. The molecule has 2 aromatic carbocycles. The molecule has 0 radical (unpaired) electrons. The van der Waals surface area contributed by atoms with Crippen LogP contribution in [0.25, 0.3) is 22.3 Å². The number of methoxy groups -OCH3 is 1. The molecule has 172 valence electrons. The zero-order valence-electron chi connectivity index (χ0n) is 19.3. The lowest BCUT2D eigenvalue weighted by molar-refractivity contribution is 0.288. The summed E-state index contributed by atoms with van der Waals surface area (Å²) in [5.74, 6) is 0.800. The number of nitrogens with one attached hydrogen (secondary N) is 1. The van der Waals surface area contributed by atoms with Crippen LogP contribution in [-0.4, -0.2) is 58.7 Å². The van der Waals surface area contributed by atoms with Gasteiger partial charge in [0.15, 0.2) is 0 Å². The van der Waals surface area contributed by atoms with Crippen LogP contribution in [0.2, 0.25) is 0 Å². The first-order valence-electron chi connectivity index (χ1n) is 11.1. The lowest BCUT2D eigenvalue weighted by atomic mass is 10.1. The molecular formula is C25H30N6O2. The summed E-state index contributed by atoms with van der Waals surface area (Å²) in [6.45, 7) is 1.74.